The number of aromatic nitrogens is 2. The zero-order valence-electron chi connectivity index (χ0n) is 11.7. The SMILES string of the molecule is CCc1nn(C)c(CN[C@@H](C)C2CCCC2)c1Cl. The van der Waals surface area contributed by atoms with Crippen LogP contribution in [-0.4, -0.2) is 15.8 Å². The molecule has 0 aromatic carbocycles. The second-order valence-corrected chi connectivity index (χ2v) is 5.78. The molecular weight excluding hydrogens is 246 g/mol. The van der Waals surface area contributed by atoms with Crippen molar-refractivity contribution >= 4 is 11.6 Å². The topological polar surface area (TPSA) is 29.9 Å². The molecule has 102 valence electrons. The van der Waals surface area contributed by atoms with Crippen LogP contribution >= 0.6 is 11.6 Å². The summed E-state index contributed by atoms with van der Waals surface area (Å²) in [4.78, 5) is 0. The molecule has 0 aliphatic heterocycles. The summed E-state index contributed by atoms with van der Waals surface area (Å²) in [7, 11) is 1.97. The Hall–Kier alpha value is -0.540. The summed E-state index contributed by atoms with van der Waals surface area (Å²) in [6.45, 7) is 5.20. The molecule has 1 aliphatic rings. The van der Waals surface area contributed by atoms with E-state index in [0.29, 0.717) is 6.04 Å². The Kier molecular flexibility index (Phi) is 4.68. The van der Waals surface area contributed by atoms with E-state index in [1.165, 1.54) is 25.7 Å². The fourth-order valence-electron chi connectivity index (χ4n) is 2.89. The lowest BCUT2D eigenvalue weighted by Gasteiger charge is -2.20. The van der Waals surface area contributed by atoms with Crippen LogP contribution in [0.15, 0.2) is 0 Å². The van der Waals surface area contributed by atoms with E-state index in [-0.39, 0.29) is 0 Å². The van der Waals surface area contributed by atoms with E-state index in [2.05, 4.69) is 24.3 Å². The lowest BCUT2D eigenvalue weighted by atomic mass is 10.00. The maximum atomic E-state index is 6.35. The highest BCUT2D eigenvalue weighted by Gasteiger charge is 2.22. The van der Waals surface area contributed by atoms with Gasteiger partial charge in [-0.25, -0.2) is 0 Å². The highest BCUT2D eigenvalue weighted by atomic mass is 35.5. The third-order valence-electron chi connectivity index (χ3n) is 4.20. The van der Waals surface area contributed by atoms with Crippen molar-refractivity contribution in [2.24, 2.45) is 13.0 Å². The molecule has 1 N–H and O–H groups in total. The normalized spacial score (nSPS) is 18.4. The van der Waals surface area contributed by atoms with Gasteiger partial charge in [-0.15, -0.1) is 0 Å². The van der Waals surface area contributed by atoms with Crippen LogP contribution in [-0.2, 0) is 20.0 Å². The molecule has 0 bridgehead atoms. The van der Waals surface area contributed by atoms with Crippen molar-refractivity contribution in [2.75, 3.05) is 0 Å². The van der Waals surface area contributed by atoms with Crippen LogP contribution < -0.4 is 5.32 Å². The Balaban J connectivity index is 1.95. The van der Waals surface area contributed by atoms with Crippen molar-refractivity contribution in [3.05, 3.63) is 16.4 Å². The van der Waals surface area contributed by atoms with Gasteiger partial charge in [-0.05, 0) is 32.1 Å². The molecule has 1 heterocycles. The Morgan fingerprint density at radius 2 is 2.11 bits per heavy atom. The first-order valence-corrected chi connectivity index (χ1v) is 7.44. The molecule has 3 nitrogen and oxygen atoms in total. The number of hydrogen-bond acceptors (Lipinski definition) is 2. The fourth-order valence-corrected chi connectivity index (χ4v) is 3.25. The molecule has 1 aromatic rings. The van der Waals surface area contributed by atoms with Crippen LogP contribution in [0.5, 0.6) is 0 Å². The van der Waals surface area contributed by atoms with Crippen molar-refractivity contribution in [3.8, 4) is 0 Å². The molecule has 0 spiro atoms. The number of rotatable bonds is 5. The van der Waals surface area contributed by atoms with Gasteiger partial charge in [0, 0.05) is 19.6 Å². The molecule has 1 atom stereocenters. The van der Waals surface area contributed by atoms with Crippen LogP contribution in [0.3, 0.4) is 0 Å². The first-order chi connectivity index (χ1) is 8.63. The van der Waals surface area contributed by atoms with Gasteiger partial charge in [-0.1, -0.05) is 31.4 Å². The first-order valence-electron chi connectivity index (χ1n) is 7.07. The third-order valence-corrected chi connectivity index (χ3v) is 4.64. The second-order valence-electron chi connectivity index (χ2n) is 5.40. The number of nitrogens with zero attached hydrogens (tertiary/aromatic N) is 2. The third kappa shape index (κ3) is 2.89. The van der Waals surface area contributed by atoms with Gasteiger partial charge in [0.2, 0.25) is 0 Å². The summed E-state index contributed by atoms with van der Waals surface area (Å²) < 4.78 is 1.91. The molecule has 0 unspecified atom stereocenters. The van der Waals surface area contributed by atoms with Crippen LogP contribution in [0.2, 0.25) is 5.02 Å². The number of nitrogens with one attached hydrogen (secondary N) is 1. The van der Waals surface area contributed by atoms with Gasteiger partial charge in [0.15, 0.2) is 0 Å². The van der Waals surface area contributed by atoms with Crippen LogP contribution in [0.25, 0.3) is 0 Å². The zero-order valence-corrected chi connectivity index (χ0v) is 12.4. The average Bonchev–Trinajstić information content (AvgIpc) is 2.96. The molecule has 0 amide bonds. The van der Waals surface area contributed by atoms with Gasteiger partial charge < -0.3 is 5.32 Å². The molecular formula is C14H24ClN3. The largest absolute Gasteiger partial charge is 0.308 e. The first kappa shape index (κ1) is 13.9. The van der Waals surface area contributed by atoms with Crippen molar-refractivity contribution in [3.63, 3.8) is 0 Å². The predicted molar refractivity (Wildman–Crippen MR) is 75.9 cm³/mol. The molecule has 1 aliphatic carbocycles. The van der Waals surface area contributed by atoms with Crippen molar-refractivity contribution < 1.29 is 0 Å². The summed E-state index contributed by atoms with van der Waals surface area (Å²) in [5, 5.41) is 8.90. The summed E-state index contributed by atoms with van der Waals surface area (Å²) >= 11 is 6.35. The Labute approximate surface area is 115 Å². The maximum absolute atomic E-state index is 6.35. The smallest absolute Gasteiger partial charge is 0.0863 e. The molecule has 0 radical (unpaired) electrons. The zero-order chi connectivity index (χ0) is 13.1. The fraction of sp³-hybridized carbons (Fsp3) is 0.786. The maximum Gasteiger partial charge on any atom is 0.0863 e. The molecule has 0 saturated heterocycles. The van der Waals surface area contributed by atoms with Crippen LogP contribution in [0, 0.1) is 5.92 Å². The Bertz CT molecular complexity index is 394. The average molecular weight is 270 g/mol. The molecule has 1 fully saturated rings. The van der Waals surface area contributed by atoms with E-state index in [9.17, 15) is 0 Å². The van der Waals surface area contributed by atoms with Gasteiger partial charge in [-0.2, -0.15) is 5.10 Å². The summed E-state index contributed by atoms with van der Waals surface area (Å²) in [5.74, 6) is 0.836. The molecule has 2 rings (SSSR count). The van der Waals surface area contributed by atoms with Crippen LogP contribution in [0.1, 0.15) is 50.9 Å². The minimum atomic E-state index is 0.573. The number of aryl methyl sites for hydroxylation is 2. The van der Waals surface area contributed by atoms with Gasteiger partial charge in [-0.3, -0.25) is 4.68 Å². The van der Waals surface area contributed by atoms with E-state index in [1.807, 2.05) is 11.7 Å². The summed E-state index contributed by atoms with van der Waals surface area (Å²) in [5.41, 5.74) is 2.11. The van der Waals surface area contributed by atoms with E-state index < -0.39 is 0 Å². The predicted octanol–water partition coefficient (Wildman–Crippen LogP) is 3.30. The molecule has 18 heavy (non-hydrogen) atoms. The Morgan fingerprint density at radius 3 is 2.67 bits per heavy atom. The Morgan fingerprint density at radius 1 is 1.44 bits per heavy atom. The van der Waals surface area contributed by atoms with E-state index in [4.69, 9.17) is 11.6 Å². The minimum absolute atomic E-state index is 0.573. The standard InChI is InChI=1S/C14H24ClN3/c1-4-12-14(15)13(18(3)17-12)9-16-10(2)11-7-5-6-8-11/h10-11,16H,4-9H2,1-3H3/t10-/m0/s1. The van der Waals surface area contributed by atoms with E-state index in [1.54, 1.807) is 0 Å². The molecule has 1 saturated carbocycles. The minimum Gasteiger partial charge on any atom is -0.308 e. The van der Waals surface area contributed by atoms with Gasteiger partial charge in [0.05, 0.1) is 16.4 Å². The number of hydrogen-bond donors (Lipinski definition) is 1. The van der Waals surface area contributed by atoms with Crippen LogP contribution in [0.4, 0.5) is 0 Å². The van der Waals surface area contributed by atoms with E-state index >= 15 is 0 Å². The highest BCUT2D eigenvalue weighted by Crippen LogP contribution is 2.28. The van der Waals surface area contributed by atoms with Crippen molar-refractivity contribution in [1.82, 2.24) is 15.1 Å². The lowest BCUT2D eigenvalue weighted by molar-refractivity contribution is 0.376. The quantitative estimate of drug-likeness (QED) is 0.889. The highest BCUT2D eigenvalue weighted by molar-refractivity contribution is 6.31. The van der Waals surface area contributed by atoms with E-state index in [0.717, 1.165) is 35.3 Å². The molecule has 1 aromatic heterocycles. The van der Waals surface area contributed by atoms with Gasteiger partial charge in [0.25, 0.3) is 0 Å². The second kappa shape index (κ2) is 6.07. The summed E-state index contributed by atoms with van der Waals surface area (Å²) in [6.07, 6.45) is 6.41. The molecule has 4 heteroatoms. The monoisotopic (exact) mass is 269 g/mol. The van der Waals surface area contributed by atoms with Crippen molar-refractivity contribution in [1.29, 1.82) is 0 Å². The number of halogens is 1. The van der Waals surface area contributed by atoms with Gasteiger partial charge in [0.1, 0.15) is 0 Å². The summed E-state index contributed by atoms with van der Waals surface area (Å²) in [6, 6.07) is 0.573. The lowest BCUT2D eigenvalue weighted by Crippen LogP contribution is -2.32. The van der Waals surface area contributed by atoms with Crippen molar-refractivity contribution in [2.45, 2.75) is 58.5 Å². The van der Waals surface area contributed by atoms with Gasteiger partial charge >= 0.3 is 0 Å².